The third-order valence-electron chi connectivity index (χ3n) is 2.50. The Labute approximate surface area is 98.0 Å². The molecule has 0 fully saturated rings. The molecule has 0 saturated carbocycles. The Kier molecular flexibility index (Phi) is 2.49. The Balaban J connectivity index is 2.39. The number of fused-ring (bicyclic) bond motifs is 1. The molecule has 0 saturated heterocycles. The van der Waals surface area contributed by atoms with E-state index in [1.807, 2.05) is 0 Å². The second-order valence-corrected chi connectivity index (χ2v) is 4.19. The first-order chi connectivity index (χ1) is 7.94. The van der Waals surface area contributed by atoms with E-state index in [2.05, 4.69) is 10.2 Å². The first kappa shape index (κ1) is 11.4. The fourth-order valence-corrected chi connectivity index (χ4v) is 1.52. The molecule has 0 unspecified atom stereocenters. The van der Waals surface area contributed by atoms with Crippen LogP contribution in [0.25, 0.3) is 0 Å². The summed E-state index contributed by atoms with van der Waals surface area (Å²) in [6.45, 7) is 3.35. The molecule has 0 aromatic heterocycles. The van der Waals surface area contributed by atoms with Crippen molar-refractivity contribution in [1.82, 2.24) is 0 Å². The highest BCUT2D eigenvalue weighted by molar-refractivity contribution is 6.00. The van der Waals surface area contributed by atoms with Crippen LogP contribution in [0.2, 0.25) is 0 Å². The zero-order valence-corrected chi connectivity index (χ0v) is 9.81. The maximum Gasteiger partial charge on any atom is 0.319 e. The number of benzene rings is 1. The van der Waals surface area contributed by atoms with Gasteiger partial charge in [0.05, 0.1) is 10.6 Å². The van der Waals surface area contributed by atoms with Gasteiger partial charge in [-0.05, 0) is 19.9 Å². The highest BCUT2D eigenvalue weighted by atomic mass is 16.8. The minimum atomic E-state index is -0.910. The van der Waals surface area contributed by atoms with Gasteiger partial charge in [0, 0.05) is 12.1 Å². The lowest BCUT2D eigenvalue weighted by Crippen LogP contribution is -2.45. The highest BCUT2D eigenvalue weighted by Gasteiger charge is 2.36. The molecule has 1 amide bonds. The van der Waals surface area contributed by atoms with Crippen LogP contribution in [-0.2, 0) is 9.63 Å². The lowest BCUT2D eigenvalue weighted by molar-refractivity contribution is -0.736. The van der Waals surface area contributed by atoms with E-state index in [1.54, 1.807) is 26.0 Å². The Bertz CT molecular complexity index is 496. The third kappa shape index (κ3) is 1.93. The van der Waals surface area contributed by atoms with Gasteiger partial charge >= 0.3 is 5.69 Å². The Hall–Kier alpha value is -2.11. The third-order valence-corrected chi connectivity index (χ3v) is 2.50. The zero-order chi connectivity index (χ0) is 12.6. The fraction of sp³-hybridized carbons (Fsp3) is 0.364. The van der Waals surface area contributed by atoms with Crippen molar-refractivity contribution in [2.24, 2.45) is 0 Å². The monoisotopic (exact) mass is 237 g/mol. The molecule has 0 aliphatic carbocycles. The fourth-order valence-electron chi connectivity index (χ4n) is 1.52. The van der Waals surface area contributed by atoms with Gasteiger partial charge in [0.25, 0.3) is 10.8 Å². The summed E-state index contributed by atoms with van der Waals surface area (Å²) in [6.07, 6.45) is 0. The lowest BCUT2D eigenvalue weighted by atomic mass is 10.1. The number of amides is 1. The summed E-state index contributed by atoms with van der Waals surface area (Å²) in [5.74, 6) is 0.278. The molecule has 1 N–H and O–H groups in total. The molecule has 90 valence electrons. The number of rotatable bonds is 2. The van der Waals surface area contributed by atoms with Crippen molar-refractivity contribution in [3.05, 3.63) is 23.1 Å². The van der Waals surface area contributed by atoms with Gasteiger partial charge in [0.1, 0.15) is 5.75 Å². The van der Waals surface area contributed by atoms with Crippen LogP contribution in [0, 0.1) is 4.91 Å². The van der Waals surface area contributed by atoms with Crippen LogP contribution in [0.15, 0.2) is 18.2 Å². The standard InChI is InChI=1S/C11H12N2O4/c1-11(2)10(14)12-8-6-7(13(15)16-3)4-5-9(8)17-11/h4-6H,1-3H3/p+1. The summed E-state index contributed by atoms with van der Waals surface area (Å²) in [5, 5.41) is 2.68. The molecule has 6 nitrogen and oxygen atoms in total. The predicted molar refractivity (Wildman–Crippen MR) is 60.1 cm³/mol. The van der Waals surface area contributed by atoms with Gasteiger partial charge in [-0.3, -0.25) is 4.79 Å². The number of hydrogen-bond donors (Lipinski definition) is 1. The lowest BCUT2D eigenvalue weighted by Gasteiger charge is -2.31. The molecule has 2 rings (SSSR count). The van der Waals surface area contributed by atoms with Gasteiger partial charge in [-0.25, -0.2) is 4.84 Å². The normalized spacial score (nSPS) is 16.5. The number of carbonyl (C=O) groups is 1. The van der Waals surface area contributed by atoms with Gasteiger partial charge in [-0.15, -0.1) is 0 Å². The molecule has 1 aromatic rings. The van der Waals surface area contributed by atoms with E-state index in [1.165, 1.54) is 13.2 Å². The average molecular weight is 237 g/mol. The van der Waals surface area contributed by atoms with Crippen LogP contribution < -0.4 is 10.1 Å². The zero-order valence-electron chi connectivity index (χ0n) is 9.81. The summed E-state index contributed by atoms with van der Waals surface area (Å²) in [6, 6.07) is 4.68. The number of ether oxygens (including phenoxy) is 1. The van der Waals surface area contributed by atoms with Crippen molar-refractivity contribution in [1.29, 1.82) is 0 Å². The van der Waals surface area contributed by atoms with Crippen molar-refractivity contribution in [2.75, 3.05) is 12.4 Å². The van der Waals surface area contributed by atoms with Gasteiger partial charge in [-0.1, -0.05) is 0 Å². The van der Waals surface area contributed by atoms with Crippen LogP contribution in [-0.4, -0.2) is 23.5 Å². The molecule has 1 aliphatic heterocycles. The number of nitrogens with zero attached hydrogens (tertiary/aromatic N) is 1. The van der Waals surface area contributed by atoms with E-state index >= 15 is 0 Å². The molecule has 0 radical (unpaired) electrons. The maximum absolute atomic E-state index is 11.7. The van der Waals surface area contributed by atoms with Crippen LogP contribution in [0.4, 0.5) is 11.4 Å². The Morgan fingerprint density at radius 3 is 2.76 bits per heavy atom. The smallest absolute Gasteiger partial charge is 0.319 e. The topological polar surface area (TPSA) is 67.6 Å². The van der Waals surface area contributed by atoms with Gasteiger partial charge in [0.2, 0.25) is 0 Å². The SMILES string of the molecule is CO[N+](=O)c1ccc2c(c1)NC(=O)C(C)(C)O2. The molecular formula is C11H13N2O4+. The van der Waals surface area contributed by atoms with E-state index in [0.29, 0.717) is 16.4 Å². The van der Waals surface area contributed by atoms with Crippen LogP contribution in [0.1, 0.15) is 13.8 Å². The minimum Gasteiger partial charge on any atom is -0.476 e. The number of nitrogens with one attached hydrogen (secondary N) is 1. The van der Waals surface area contributed by atoms with Crippen molar-refractivity contribution in [3.63, 3.8) is 0 Å². The van der Waals surface area contributed by atoms with Crippen molar-refractivity contribution in [2.45, 2.75) is 19.4 Å². The molecule has 17 heavy (non-hydrogen) atoms. The second-order valence-electron chi connectivity index (χ2n) is 4.19. The van der Waals surface area contributed by atoms with Crippen LogP contribution in [0.5, 0.6) is 5.75 Å². The van der Waals surface area contributed by atoms with E-state index in [4.69, 9.17) is 4.74 Å². The van der Waals surface area contributed by atoms with Crippen molar-refractivity contribution < 1.29 is 19.3 Å². The average Bonchev–Trinajstić information content (AvgIpc) is 2.28. The Morgan fingerprint density at radius 2 is 2.12 bits per heavy atom. The largest absolute Gasteiger partial charge is 0.476 e. The van der Waals surface area contributed by atoms with E-state index in [0.717, 1.165) is 0 Å². The quantitative estimate of drug-likeness (QED) is 0.796. The van der Waals surface area contributed by atoms with E-state index in [-0.39, 0.29) is 11.6 Å². The summed E-state index contributed by atoms with van der Waals surface area (Å²) in [5.41, 5.74) is -0.160. The van der Waals surface area contributed by atoms with Gasteiger partial charge < -0.3 is 10.1 Å². The van der Waals surface area contributed by atoms with Crippen molar-refractivity contribution >= 4 is 17.3 Å². The molecule has 0 spiro atoms. The van der Waals surface area contributed by atoms with Gasteiger partial charge in [-0.2, -0.15) is 0 Å². The van der Waals surface area contributed by atoms with Crippen LogP contribution in [0.3, 0.4) is 0 Å². The van der Waals surface area contributed by atoms with Crippen LogP contribution >= 0.6 is 0 Å². The molecule has 0 atom stereocenters. The maximum atomic E-state index is 11.7. The second kappa shape index (κ2) is 3.73. The first-order valence-corrected chi connectivity index (χ1v) is 5.10. The van der Waals surface area contributed by atoms with E-state index in [9.17, 15) is 9.70 Å². The van der Waals surface area contributed by atoms with Crippen molar-refractivity contribution in [3.8, 4) is 5.75 Å². The van der Waals surface area contributed by atoms with E-state index < -0.39 is 5.60 Å². The first-order valence-electron chi connectivity index (χ1n) is 5.10. The summed E-state index contributed by atoms with van der Waals surface area (Å²) in [7, 11) is 1.27. The minimum absolute atomic E-state index is 0.253. The number of hydrogen-bond acceptors (Lipinski definition) is 4. The Morgan fingerprint density at radius 1 is 1.41 bits per heavy atom. The van der Waals surface area contributed by atoms with Gasteiger partial charge in [0.15, 0.2) is 12.7 Å². The molecule has 1 heterocycles. The molecule has 0 bridgehead atoms. The summed E-state index contributed by atoms with van der Waals surface area (Å²) < 4.78 is 5.53. The summed E-state index contributed by atoms with van der Waals surface area (Å²) >= 11 is 0. The number of anilines is 1. The molecular weight excluding hydrogens is 224 g/mol. The highest BCUT2D eigenvalue weighted by Crippen LogP contribution is 2.35. The molecule has 6 heteroatoms. The molecule has 1 aliphatic rings. The predicted octanol–water partition coefficient (Wildman–Crippen LogP) is 1.77. The molecule has 1 aromatic carbocycles. The summed E-state index contributed by atoms with van der Waals surface area (Å²) in [4.78, 5) is 27.8. The number of carbonyl (C=O) groups excluding carboxylic acids is 1.